The van der Waals surface area contributed by atoms with Gasteiger partial charge < -0.3 is 9.88 Å². The van der Waals surface area contributed by atoms with Gasteiger partial charge in [0.05, 0.1) is 12.2 Å². The molecule has 3 aliphatic carbocycles. The van der Waals surface area contributed by atoms with E-state index in [2.05, 4.69) is 39.9 Å². The van der Waals surface area contributed by atoms with Gasteiger partial charge in [-0.25, -0.2) is 4.98 Å². The SMILES string of the molecule is C[C@]12CC[C@H]3[C@@H](CCC4n5ccnc5CC[C@@]43C)[C@@H]1CC[C@@H]2C(=O)NCc1ccccn1. The fourth-order valence-electron chi connectivity index (χ4n) is 8.68. The highest BCUT2D eigenvalue weighted by Gasteiger charge is 2.61. The van der Waals surface area contributed by atoms with Crippen LogP contribution in [0.3, 0.4) is 0 Å². The molecule has 2 aromatic rings. The molecule has 0 bridgehead atoms. The molecule has 170 valence electrons. The molecule has 1 aliphatic heterocycles. The van der Waals surface area contributed by atoms with E-state index in [4.69, 9.17) is 0 Å². The van der Waals surface area contributed by atoms with Crippen LogP contribution >= 0.6 is 0 Å². The summed E-state index contributed by atoms with van der Waals surface area (Å²) < 4.78 is 2.51. The third-order valence-electron chi connectivity index (χ3n) is 10.3. The smallest absolute Gasteiger partial charge is 0.223 e. The molecule has 5 heteroatoms. The van der Waals surface area contributed by atoms with Crippen molar-refractivity contribution in [3.63, 3.8) is 0 Å². The number of hydrogen-bond acceptors (Lipinski definition) is 3. The molecule has 3 fully saturated rings. The Labute approximate surface area is 191 Å². The summed E-state index contributed by atoms with van der Waals surface area (Å²) in [5, 5.41) is 3.22. The molecule has 4 aliphatic rings. The van der Waals surface area contributed by atoms with Gasteiger partial charge in [0.1, 0.15) is 5.82 Å². The molecule has 3 heterocycles. The minimum Gasteiger partial charge on any atom is -0.350 e. The summed E-state index contributed by atoms with van der Waals surface area (Å²) in [7, 11) is 0. The normalized spacial score (nSPS) is 40.0. The Kier molecular flexibility index (Phi) is 4.74. The fourth-order valence-corrected chi connectivity index (χ4v) is 8.68. The maximum Gasteiger partial charge on any atom is 0.223 e. The van der Waals surface area contributed by atoms with E-state index in [0.29, 0.717) is 23.9 Å². The van der Waals surface area contributed by atoms with Gasteiger partial charge >= 0.3 is 0 Å². The Hall–Kier alpha value is -2.17. The number of nitrogens with one attached hydrogen (secondary N) is 1. The average molecular weight is 433 g/mol. The number of carbonyl (C=O) groups is 1. The van der Waals surface area contributed by atoms with Crippen molar-refractivity contribution in [3.05, 3.63) is 48.3 Å². The molecular formula is C27H36N4O. The highest BCUT2D eigenvalue weighted by atomic mass is 16.1. The van der Waals surface area contributed by atoms with Crippen molar-refractivity contribution in [2.24, 2.45) is 34.5 Å². The number of aryl methyl sites for hydroxylation is 1. The van der Waals surface area contributed by atoms with Crippen LogP contribution in [0.15, 0.2) is 36.8 Å². The molecule has 1 N–H and O–H groups in total. The highest BCUT2D eigenvalue weighted by Crippen LogP contribution is 2.67. The molecule has 5 nitrogen and oxygen atoms in total. The highest BCUT2D eigenvalue weighted by molar-refractivity contribution is 5.80. The summed E-state index contributed by atoms with van der Waals surface area (Å²) >= 11 is 0. The van der Waals surface area contributed by atoms with Gasteiger partial charge in [0, 0.05) is 37.0 Å². The van der Waals surface area contributed by atoms with E-state index in [1.165, 1.54) is 44.3 Å². The van der Waals surface area contributed by atoms with Gasteiger partial charge in [0.15, 0.2) is 0 Å². The lowest BCUT2D eigenvalue weighted by molar-refractivity contribution is -0.135. The predicted octanol–water partition coefficient (Wildman–Crippen LogP) is 4.94. The van der Waals surface area contributed by atoms with Crippen LogP contribution in [0.25, 0.3) is 0 Å². The van der Waals surface area contributed by atoms with Crippen molar-refractivity contribution in [1.29, 1.82) is 0 Å². The Morgan fingerprint density at radius 2 is 1.91 bits per heavy atom. The van der Waals surface area contributed by atoms with Crippen molar-refractivity contribution in [1.82, 2.24) is 19.9 Å². The Morgan fingerprint density at radius 1 is 1.03 bits per heavy atom. The number of rotatable bonds is 3. The fraction of sp³-hybridized carbons (Fsp3) is 0.667. The summed E-state index contributed by atoms with van der Waals surface area (Å²) in [5.41, 5.74) is 1.46. The summed E-state index contributed by atoms with van der Waals surface area (Å²) in [4.78, 5) is 22.3. The first-order valence-electron chi connectivity index (χ1n) is 12.7. The standard InChI is InChI=1S/C27H36N4O/c1-26-12-10-21-19(6-9-23-27(21,2)13-11-24-29-15-16-31(23)24)20(26)7-8-22(26)25(32)30-17-18-5-3-4-14-28-18/h3-5,14-16,19-23H,6-13,17H2,1-2H3,(H,30,32)/t19-,20-,21-,22+,23?,26-,27+/m0/s1. The minimum absolute atomic E-state index is 0.146. The number of hydrogen-bond donors (Lipinski definition) is 1. The van der Waals surface area contributed by atoms with E-state index >= 15 is 0 Å². The Balaban J connectivity index is 1.20. The van der Waals surface area contributed by atoms with Gasteiger partial charge in [-0.05, 0) is 85.7 Å². The second-order valence-electron chi connectivity index (χ2n) is 11.4. The van der Waals surface area contributed by atoms with E-state index in [1.807, 2.05) is 24.4 Å². The van der Waals surface area contributed by atoms with Crippen LogP contribution in [0.2, 0.25) is 0 Å². The quantitative estimate of drug-likeness (QED) is 0.747. The zero-order valence-corrected chi connectivity index (χ0v) is 19.5. The lowest BCUT2D eigenvalue weighted by Gasteiger charge is -2.60. The summed E-state index contributed by atoms with van der Waals surface area (Å²) in [6, 6.07) is 6.50. The van der Waals surface area contributed by atoms with E-state index in [1.54, 1.807) is 6.20 Å². The lowest BCUT2D eigenvalue weighted by Crippen LogP contribution is -2.54. The monoisotopic (exact) mass is 432 g/mol. The first kappa shape index (κ1) is 20.4. The van der Waals surface area contributed by atoms with E-state index in [-0.39, 0.29) is 17.2 Å². The van der Waals surface area contributed by atoms with Gasteiger partial charge in [-0.3, -0.25) is 9.78 Å². The number of imidazole rings is 1. The summed E-state index contributed by atoms with van der Waals surface area (Å²) in [5.74, 6) is 3.93. The first-order chi connectivity index (χ1) is 15.5. The van der Waals surface area contributed by atoms with Crippen LogP contribution in [0.5, 0.6) is 0 Å². The zero-order valence-electron chi connectivity index (χ0n) is 19.5. The van der Waals surface area contributed by atoms with Crippen LogP contribution in [0.1, 0.15) is 76.4 Å². The van der Waals surface area contributed by atoms with Gasteiger partial charge in [0.25, 0.3) is 0 Å². The van der Waals surface area contributed by atoms with Crippen molar-refractivity contribution in [2.75, 3.05) is 0 Å². The second-order valence-corrected chi connectivity index (χ2v) is 11.4. The molecule has 0 aromatic carbocycles. The van der Waals surface area contributed by atoms with E-state index < -0.39 is 0 Å². The molecule has 7 atom stereocenters. The molecule has 3 saturated carbocycles. The van der Waals surface area contributed by atoms with Crippen LogP contribution in [-0.2, 0) is 17.8 Å². The number of carbonyl (C=O) groups excluding carboxylic acids is 1. The van der Waals surface area contributed by atoms with Crippen molar-refractivity contribution in [3.8, 4) is 0 Å². The van der Waals surface area contributed by atoms with Gasteiger partial charge in [-0.1, -0.05) is 19.9 Å². The molecule has 0 radical (unpaired) electrons. The summed E-state index contributed by atoms with van der Waals surface area (Å²) in [6.45, 7) is 5.55. The summed E-state index contributed by atoms with van der Waals surface area (Å²) in [6.07, 6.45) is 15.7. The Bertz CT molecular complexity index is 1000. The number of pyridine rings is 1. The van der Waals surface area contributed by atoms with Gasteiger partial charge in [-0.15, -0.1) is 0 Å². The zero-order chi connectivity index (χ0) is 21.9. The number of amides is 1. The molecule has 0 spiro atoms. The van der Waals surface area contributed by atoms with E-state index in [0.717, 1.165) is 30.4 Å². The number of fused-ring (bicyclic) bond motifs is 7. The number of nitrogens with zero attached hydrogens (tertiary/aromatic N) is 3. The average Bonchev–Trinajstić information content (AvgIpc) is 3.42. The minimum atomic E-state index is 0.146. The van der Waals surface area contributed by atoms with Crippen molar-refractivity contribution >= 4 is 5.91 Å². The maximum atomic E-state index is 13.3. The van der Waals surface area contributed by atoms with Crippen LogP contribution in [0, 0.1) is 34.5 Å². The van der Waals surface area contributed by atoms with Crippen molar-refractivity contribution in [2.45, 2.75) is 77.8 Å². The predicted molar refractivity (Wildman–Crippen MR) is 124 cm³/mol. The lowest BCUT2D eigenvalue weighted by atomic mass is 9.47. The molecule has 1 amide bonds. The third-order valence-corrected chi connectivity index (χ3v) is 10.3. The topological polar surface area (TPSA) is 59.8 Å². The molecule has 6 rings (SSSR count). The Morgan fingerprint density at radius 3 is 2.75 bits per heavy atom. The van der Waals surface area contributed by atoms with Crippen LogP contribution < -0.4 is 5.32 Å². The number of aromatic nitrogens is 3. The molecule has 2 aromatic heterocycles. The van der Waals surface area contributed by atoms with Crippen molar-refractivity contribution < 1.29 is 4.79 Å². The van der Waals surface area contributed by atoms with E-state index in [9.17, 15) is 4.79 Å². The second kappa shape index (κ2) is 7.43. The van der Waals surface area contributed by atoms with Crippen LogP contribution in [0.4, 0.5) is 0 Å². The van der Waals surface area contributed by atoms with Gasteiger partial charge in [-0.2, -0.15) is 0 Å². The van der Waals surface area contributed by atoms with Crippen LogP contribution in [-0.4, -0.2) is 20.4 Å². The molecule has 0 saturated heterocycles. The van der Waals surface area contributed by atoms with Gasteiger partial charge in [0.2, 0.25) is 5.91 Å². The first-order valence-corrected chi connectivity index (χ1v) is 12.7. The molecular weight excluding hydrogens is 396 g/mol. The maximum absolute atomic E-state index is 13.3. The third kappa shape index (κ3) is 2.92. The largest absolute Gasteiger partial charge is 0.350 e. The molecule has 1 unspecified atom stereocenters. The molecule has 32 heavy (non-hydrogen) atoms.